The van der Waals surface area contributed by atoms with Crippen LogP contribution in [0.25, 0.3) is 0 Å². The zero-order valence-electron chi connectivity index (χ0n) is 9.09. The number of hydrogen-bond acceptors (Lipinski definition) is 2. The molecule has 1 heterocycles. The van der Waals surface area contributed by atoms with Crippen LogP contribution in [0.1, 0.15) is 31.9 Å². The minimum Gasteiger partial charge on any atom is -0.489 e. The number of nitrogens with one attached hydrogen (secondary N) is 1. The Balaban J connectivity index is 2.37. The Morgan fingerprint density at radius 1 is 1.53 bits per heavy atom. The van der Waals surface area contributed by atoms with E-state index in [9.17, 15) is 0 Å². The van der Waals surface area contributed by atoms with Gasteiger partial charge in [-0.25, -0.2) is 0 Å². The van der Waals surface area contributed by atoms with Crippen molar-refractivity contribution in [2.75, 3.05) is 6.54 Å². The van der Waals surface area contributed by atoms with Crippen molar-refractivity contribution in [1.82, 2.24) is 5.32 Å². The van der Waals surface area contributed by atoms with Gasteiger partial charge in [-0.1, -0.05) is 19.1 Å². The van der Waals surface area contributed by atoms with E-state index in [0.717, 1.165) is 18.7 Å². The predicted octanol–water partition coefficient (Wildman–Crippen LogP) is 3.11. The Bertz CT molecular complexity index is 353. The summed E-state index contributed by atoms with van der Waals surface area (Å²) in [7, 11) is 0. The Morgan fingerprint density at radius 3 is 3.07 bits per heavy atom. The molecule has 1 aromatic rings. The molecule has 15 heavy (non-hydrogen) atoms. The molecule has 1 aromatic carbocycles. The van der Waals surface area contributed by atoms with E-state index in [1.165, 1.54) is 9.13 Å². The van der Waals surface area contributed by atoms with Crippen molar-refractivity contribution in [3.05, 3.63) is 27.3 Å². The van der Waals surface area contributed by atoms with Crippen molar-refractivity contribution >= 4 is 22.6 Å². The highest BCUT2D eigenvalue weighted by molar-refractivity contribution is 14.1. The van der Waals surface area contributed by atoms with Gasteiger partial charge in [-0.3, -0.25) is 0 Å². The van der Waals surface area contributed by atoms with Gasteiger partial charge in [0.2, 0.25) is 0 Å². The fraction of sp³-hybridized carbons (Fsp3) is 0.500. The Labute approximate surface area is 105 Å². The number of hydrogen-bond donors (Lipinski definition) is 1. The molecule has 2 atom stereocenters. The molecule has 0 bridgehead atoms. The summed E-state index contributed by atoms with van der Waals surface area (Å²) in [4.78, 5) is 0. The Morgan fingerprint density at radius 2 is 2.33 bits per heavy atom. The summed E-state index contributed by atoms with van der Waals surface area (Å²) < 4.78 is 7.10. The molecule has 0 saturated heterocycles. The fourth-order valence-electron chi connectivity index (χ4n) is 2.07. The normalized spacial score (nSPS) is 24.5. The van der Waals surface area contributed by atoms with E-state index < -0.39 is 0 Å². The summed E-state index contributed by atoms with van der Waals surface area (Å²) >= 11 is 2.34. The van der Waals surface area contributed by atoms with Gasteiger partial charge in [0, 0.05) is 18.0 Å². The molecule has 1 N–H and O–H groups in total. The van der Waals surface area contributed by atoms with E-state index in [1.54, 1.807) is 0 Å². The molecule has 0 aromatic heterocycles. The molecule has 1 aliphatic heterocycles. The van der Waals surface area contributed by atoms with E-state index in [-0.39, 0.29) is 0 Å². The molecule has 0 spiro atoms. The standard InChI is InChI=1S/C12H16INO/c1-3-14-11-7-8(2)15-12-9(11)5-4-6-10(12)13/h4-6,8,11,14H,3,7H2,1-2H3. The van der Waals surface area contributed by atoms with Gasteiger partial charge in [0.15, 0.2) is 0 Å². The van der Waals surface area contributed by atoms with Crippen LogP contribution in [-0.2, 0) is 0 Å². The number of halogens is 1. The minimum absolute atomic E-state index is 0.303. The van der Waals surface area contributed by atoms with E-state index in [4.69, 9.17) is 4.74 Å². The molecule has 0 aliphatic carbocycles. The van der Waals surface area contributed by atoms with Crippen LogP contribution in [0.3, 0.4) is 0 Å². The number of fused-ring (bicyclic) bond motifs is 1. The zero-order valence-corrected chi connectivity index (χ0v) is 11.2. The Hall–Kier alpha value is -0.290. The monoisotopic (exact) mass is 317 g/mol. The Kier molecular flexibility index (Phi) is 3.51. The fourth-order valence-corrected chi connectivity index (χ4v) is 2.72. The molecular weight excluding hydrogens is 301 g/mol. The van der Waals surface area contributed by atoms with Gasteiger partial charge in [-0.2, -0.15) is 0 Å². The number of benzene rings is 1. The third-order valence-electron chi connectivity index (χ3n) is 2.71. The first-order valence-corrected chi connectivity index (χ1v) is 6.48. The van der Waals surface area contributed by atoms with Crippen molar-refractivity contribution in [2.45, 2.75) is 32.4 Å². The summed E-state index contributed by atoms with van der Waals surface area (Å²) in [6.45, 7) is 5.28. The maximum absolute atomic E-state index is 5.89. The number of ether oxygens (including phenoxy) is 1. The molecule has 2 unspecified atom stereocenters. The van der Waals surface area contributed by atoms with Gasteiger partial charge in [-0.05, 0) is 42.1 Å². The van der Waals surface area contributed by atoms with Crippen LogP contribution in [0.5, 0.6) is 5.75 Å². The van der Waals surface area contributed by atoms with Crippen molar-refractivity contribution in [1.29, 1.82) is 0 Å². The van der Waals surface area contributed by atoms with Crippen LogP contribution < -0.4 is 10.1 Å². The summed E-state index contributed by atoms with van der Waals surface area (Å²) in [5.41, 5.74) is 1.31. The summed E-state index contributed by atoms with van der Waals surface area (Å²) in [6.07, 6.45) is 1.36. The second-order valence-corrected chi connectivity index (χ2v) is 5.09. The van der Waals surface area contributed by atoms with Crippen molar-refractivity contribution in [3.63, 3.8) is 0 Å². The quantitative estimate of drug-likeness (QED) is 0.846. The van der Waals surface area contributed by atoms with E-state index >= 15 is 0 Å². The van der Waals surface area contributed by atoms with Gasteiger partial charge >= 0.3 is 0 Å². The van der Waals surface area contributed by atoms with Crippen LogP contribution in [0.4, 0.5) is 0 Å². The summed E-state index contributed by atoms with van der Waals surface area (Å²) in [5, 5.41) is 3.51. The van der Waals surface area contributed by atoms with E-state index in [2.05, 4.69) is 60.0 Å². The topological polar surface area (TPSA) is 21.3 Å². The first-order chi connectivity index (χ1) is 7.22. The molecule has 0 fully saturated rings. The minimum atomic E-state index is 0.303. The highest BCUT2D eigenvalue weighted by Crippen LogP contribution is 2.37. The van der Waals surface area contributed by atoms with E-state index in [1.807, 2.05) is 0 Å². The lowest BCUT2D eigenvalue weighted by atomic mass is 9.97. The van der Waals surface area contributed by atoms with Crippen molar-refractivity contribution < 1.29 is 4.74 Å². The SMILES string of the molecule is CCNC1CC(C)Oc2c(I)cccc21. The van der Waals surface area contributed by atoms with E-state index in [0.29, 0.717) is 12.1 Å². The number of para-hydroxylation sites is 1. The number of rotatable bonds is 2. The molecule has 0 amide bonds. The summed E-state index contributed by atoms with van der Waals surface area (Å²) in [5.74, 6) is 1.07. The smallest absolute Gasteiger partial charge is 0.137 e. The molecule has 82 valence electrons. The lowest BCUT2D eigenvalue weighted by Gasteiger charge is -2.31. The third-order valence-corrected chi connectivity index (χ3v) is 3.56. The van der Waals surface area contributed by atoms with Crippen molar-refractivity contribution in [2.24, 2.45) is 0 Å². The van der Waals surface area contributed by atoms with Crippen LogP contribution in [0, 0.1) is 3.57 Å². The van der Waals surface area contributed by atoms with Gasteiger partial charge in [-0.15, -0.1) is 0 Å². The molecule has 2 nitrogen and oxygen atoms in total. The molecule has 1 aliphatic rings. The average Bonchev–Trinajstić information content (AvgIpc) is 2.20. The first kappa shape index (κ1) is 11.2. The maximum atomic E-state index is 5.89. The zero-order chi connectivity index (χ0) is 10.8. The molecule has 3 heteroatoms. The van der Waals surface area contributed by atoms with Crippen molar-refractivity contribution in [3.8, 4) is 5.75 Å². The second kappa shape index (κ2) is 4.70. The van der Waals surface area contributed by atoms with Crippen LogP contribution in [-0.4, -0.2) is 12.6 Å². The highest BCUT2D eigenvalue weighted by Gasteiger charge is 2.26. The van der Waals surface area contributed by atoms with Crippen LogP contribution in [0.2, 0.25) is 0 Å². The highest BCUT2D eigenvalue weighted by atomic mass is 127. The van der Waals surface area contributed by atoms with Gasteiger partial charge < -0.3 is 10.1 Å². The second-order valence-electron chi connectivity index (χ2n) is 3.93. The molecule has 0 radical (unpaired) electrons. The van der Waals surface area contributed by atoms with Gasteiger partial charge in [0.05, 0.1) is 9.67 Å². The van der Waals surface area contributed by atoms with Gasteiger partial charge in [0.25, 0.3) is 0 Å². The summed E-state index contributed by atoms with van der Waals surface area (Å²) in [6, 6.07) is 6.81. The lowest BCUT2D eigenvalue weighted by Crippen LogP contribution is -2.31. The average molecular weight is 317 g/mol. The third kappa shape index (κ3) is 2.28. The van der Waals surface area contributed by atoms with Crippen LogP contribution >= 0.6 is 22.6 Å². The predicted molar refractivity (Wildman–Crippen MR) is 70.3 cm³/mol. The van der Waals surface area contributed by atoms with Crippen LogP contribution in [0.15, 0.2) is 18.2 Å². The molecular formula is C12H16INO. The lowest BCUT2D eigenvalue weighted by molar-refractivity contribution is 0.165. The van der Waals surface area contributed by atoms with Gasteiger partial charge in [0.1, 0.15) is 5.75 Å². The maximum Gasteiger partial charge on any atom is 0.137 e. The largest absolute Gasteiger partial charge is 0.489 e. The first-order valence-electron chi connectivity index (χ1n) is 5.40. The molecule has 2 rings (SSSR count). The molecule has 0 saturated carbocycles.